The molecular weight excluding hydrogens is 236 g/mol. The number of likely N-dealkylation sites (N-methyl/N-ethyl adjacent to an activating group) is 1. The minimum atomic E-state index is -0.145. The number of ketones is 1. The van der Waals surface area contributed by atoms with Gasteiger partial charge in [-0.25, -0.2) is 0 Å². The summed E-state index contributed by atoms with van der Waals surface area (Å²) in [5.41, 5.74) is 2.15. The van der Waals surface area contributed by atoms with Crippen molar-refractivity contribution >= 4 is 28.3 Å². The molecule has 0 unspecified atom stereocenters. The molecule has 2 rings (SSSR count). The van der Waals surface area contributed by atoms with Gasteiger partial charge in [0.05, 0.1) is 6.04 Å². The molecule has 0 saturated carbocycles. The summed E-state index contributed by atoms with van der Waals surface area (Å²) in [7, 11) is 1.80. The van der Waals surface area contributed by atoms with Crippen molar-refractivity contribution < 1.29 is 4.79 Å². The van der Waals surface area contributed by atoms with Crippen molar-refractivity contribution in [2.24, 2.45) is 0 Å². The van der Waals surface area contributed by atoms with Crippen LogP contribution in [0.1, 0.15) is 12.5 Å². The van der Waals surface area contributed by atoms with Gasteiger partial charge in [-0.15, -0.1) is 0 Å². The lowest BCUT2D eigenvalue weighted by molar-refractivity contribution is -0.118. The SMILES string of the molecule is CN[C@@H](Cc1c[nH]c2ccc(Cl)cc12)C(C)=O. The number of carbonyl (C=O) groups excluding carboxylic acids is 1. The molecule has 4 heteroatoms. The van der Waals surface area contributed by atoms with Crippen molar-refractivity contribution in [2.75, 3.05) is 7.05 Å². The lowest BCUT2D eigenvalue weighted by Crippen LogP contribution is -2.34. The molecule has 1 heterocycles. The van der Waals surface area contributed by atoms with E-state index < -0.39 is 0 Å². The number of carbonyl (C=O) groups is 1. The number of halogens is 1. The van der Waals surface area contributed by atoms with Gasteiger partial charge in [0.2, 0.25) is 0 Å². The number of aromatic nitrogens is 1. The fourth-order valence-corrected chi connectivity index (χ4v) is 2.16. The summed E-state index contributed by atoms with van der Waals surface area (Å²) in [5.74, 6) is 0.142. The number of hydrogen-bond donors (Lipinski definition) is 2. The van der Waals surface area contributed by atoms with E-state index in [9.17, 15) is 4.79 Å². The molecule has 2 N–H and O–H groups in total. The zero-order chi connectivity index (χ0) is 12.4. The van der Waals surface area contributed by atoms with Crippen LogP contribution >= 0.6 is 11.6 Å². The molecule has 0 aliphatic heterocycles. The van der Waals surface area contributed by atoms with Gasteiger partial charge in [0.25, 0.3) is 0 Å². The molecule has 0 saturated heterocycles. The fourth-order valence-electron chi connectivity index (χ4n) is 1.99. The Morgan fingerprint density at radius 2 is 2.29 bits per heavy atom. The van der Waals surface area contributed by atoms with Crippen molar-refractivity contribution in [1.29, 1.82) is 0 Å². The number of H-pyrrole nitrogens is 1. The Balaban J connectivity index is 2.35. The first-order valence-electron chi connectivity index (χ1n) is 5.55. The third-order valence-corrected chi connectivity index (χ3v) is 3.23. The average Bonchev–Trinajstić information content (AvgIpc) is 2.68. The number of aromatic amines is 1. The highest BCUT2D eigenvalue weighted by Gasteiger charge is 2.14. The summed E-state index contributed by atoms with van der Waals surface area (Å²) in [5, 5.41) is 4.82. The largest absolute Gasteiger partial charge is 0.361 e. The second kappa shape index (κ2) is 4.90. The van der Waals surface area contributed by atoms with E-state index in [1.165, 1.54) is 0 Å². The number of Topliss-reactive ketones (excluding diaryl/α,β-unsaturated/α-hetero) is 1. The van der Waals surface area contributed by atoms with Crippen LogP contribution in [-0.2, 0) is 11.2 Å². The van der Waals surface area contributed by atoms with Gasteiger partial charge in [0.1, 0.15) is 5.78 Å². The van der Waals surface area contributed by atoms with Crippen LogP contribution in [0.5, 0.6) is 0 Å². The third kappa shape index (κ3) is 2.51. The second-order valence-corrected chi connectivity index (χ2v) is 4.60. The van der Waals surface area contributed by atoms with E-state index in [0.717, 1.165) is 16.5 Å². The summed E-state index contributed by atoms with van der Waals surface area (Å²) >= 11 is 5.98. The van der Waals surface area contributed by atoms with Crippen LogP contribution in [0.25, 0.3) is 10.9 Å². The van der Waals surface area contributed by atoms with E-state index >= 15 is 0 Å². The van der Waals surface area contributed by atoms with E-state index in [2.05, 4.69) is 10.3 Å². The molecule has 1 aromatic heterocycles. The molecule has 1 aromatic carbocycles. The van der Waals surface area contributed by atoms with Crippen LogP contribution in [0.15, 0.2) is 24.4 Å². The predicted octanol–water partition coefficient (Wildman–Crippen LogP) is 2.54. The van der Waals surface area contributed by atoms with E-state index in [1.54, 1.807) is 14.0 Å². The van der Waals surface area contributed by atoms with Gasteiger partial charge < -0.3 is 10.3 Å². The Labute approximate surface area is 105 Å². The standard InChI is InChI=1S/C13H15ClN2O/c1-8(17)13(15-2)5-9-7-16-12-4-3-10(14)6-11(9)12/h3-4,6-7,13,15-16H,5H2,1-2H3/t13-/m0/s1. The summed E-state index contributed by atoms with van der Waals surface area (Å²) in [4.78, 5) is 14.6. The lowest BCUT2D eigenvalue weighted by Gasteiger charge is -2.11. The topological polar surface area (TPSA) is 44.9 Å². The molecule has 1 atom stereocenters. The van der Waals surface area contributed by atoms with E-state index in [0.29, 0.717) is 11.4 Å². The number of rotatable bonds is 4. The summed E-state index contributed by atoms with van der Waals surface area (Å²) in [6, 6.07) is 5.58. The molecule has 0 aliphatic rings. The highest BCUT2D eigenvalue weighted by molar-refractivity contribution is 6.31. The molecule has 0 bridgehead atoms. The molecule has 0 radical (unpaired) electrons. The van der Waals surface area contributed by atoms with Gasteiger partial charge in [-0.3, -0.25) is 4.79 Å². The molecule has 0 amide bonds. The molecule has 17 heavy (non-hydrogen) atoms. The normalized spacial score (nSPS) is 12.9. The first-order valence-corrected chi connectivity index (χ1v) is 5.93. The lowest BCUT2D eigenvalue weighted by atomic mass is 10.0. The molecule has 90 valence electrons. The Bertz CT molecular complexity index is 547. The fraction of sp³-hybridized carbons (Fsp3) is 0.308. The number of benzene rings is 1. The number of fused-ring (bicyclic) bond motifs is 1. The maximum Gasteiger partial charge on any atom is 0.147 e. The van der Waals surface area contributed by atoms with E-state index in [4.69, 9.17) is 11.6 Å². The Morgan fingerprint density at radius 3 is 2.94 bits per heavy atom. The van der Waals surface area contributed by atoms with Crippen molar-refractivity contribution in [3.8, 4) is 0 Å². The van der Waals surface area contributed by atoms with E-state index in [-0.39, 0.29) is 11.8 Å². The van der Waals surface area contributed by atoms with Crippen LogP contribution < -0.4 is 5.32 Å². The van der Waals surface area contributed by atoms with Crippen LogP contribution in [0.4, 0.5) is 0 Å². The van der Waals surface area contributed by atoms with Gasteiger partial charge in [-0.2, -0.15) is 0 Å². The zero-order valence-corrected chi connectivity index (χ0v) is 10.6. The van der Waals surface area contributed by atoms with Crippen molar-refractivity contribution in [2.45, 2.75) is 19.4 Å². The van der Waals surface area contributed by atoms with Gasteiger partial charge in [-0.1, -0.05) is 11.6 Å². The average molecular weight is 251 g/mol. The third-order valence-electron chi connectivity index (χ3n) is 2.99. The molecule has 2 aromatic rings. The van der Waals surface area contributed by atoms with E-state index in [1.807, 2.05) is 24.4 Å². The summed E-state index contributed by atoms with van der Waals surface area (Å²) in [6.45, 7) is 1.60. The maximum atomic E-state index is 11.4. The summed E-state index contributed by atoms with van der Waals surface area (Å²) in [6.07, 6.45) is 2.61. The Hall–Kier alpha value is -1.32. The molecule has 0 fully saturated rings. The van der Waals surface area contributed by atoms with Gasteiger partial charge >= 0.3 is 0 Å². The first-order chi connectivity index (χ1) is 8.11. The van der Waals surface area contributed by atoms with Gasteiger partial charge in [0, 0.05) is 22.1 Å². The highest BCUT2D eigenvalue weighted by Crippen LogP contribution is 2.23. The minimum absolute atomic E-state index is 0.142. The number of nitrogens with one attached hydrogen (secondary N) is 2. The van der Waals surface area contributed by atoms with Crippen molar-refractivity contribution in [3.63, 3.8) is 0 Å². The first kappa shape index (κ1) is 12.1. The smallest absolute Gasteiger partial charge is 0.147 e. The molecule has 3 nitrogen and oxygen atoms in total. The van der Waals surface area contributed by atoms with Crippen LogP contribution in [-0.4, -0.2) is 23.9 Å². The Kier molecular flexibility index (Phi) is 3.50. The maximum absolute atomic E-state index is 11.4. The zero-order valence-electron chi connectivity index (χ0n) is 9.88. The summed E-state index contributed by atoms with van der Waals surface area (Å²) < 4.78 is 0. The van der Waals surface area contributed by atoms with Crippen molar-refractivity contribution in [1.82, 2.24) is 10.3 Å². The predicted molar refractivity (Wildman–Crippen MR) is 70.5 cm³/mol. The molecular formula is C13H15ClN2O. The van der Waals surface area contributed by atoms with Crippen LogP contribution in [0.3, 0.4) is 0 Å². The molecule has 0 spiro atoms. The number of hydrogen-bond acceptors (Lipinski definition) is 2. The Morgan fingerprint density at radius 1 is 1.53 bits per heavy atom. The monoisotopic (exact) mass is 250 g/mol. The van der Waals surface area contributed by atoms with Crippen molar-refractivity contribution in [3.05, 3.63) is 35.0 Å². The van der Waals surface area contributed by atoms with Gasteiger partial charge in [-0.05, 0) is 44.2 Å². The highest BCUT2D eigenvalue weighted by atomic mass is 35.5. The minimum Gasteiger partial charge on any atom is -0.361 e. The molecule has 0 aliphatic carbocycles. The van der Waals surface area contributed by atoms with Gasteiger partial charge in [0.15, 0.2) is 0 Å². The van der Waals surface area contributed by atoms with Crippen LogP contribution in [0, 0.1) is 0 Å². The quantitative estimate of drug-likeness (QED) is 0.876. The second-order valence-electron chi connectivity index (χ2n) is 4.16. The van der Waals surface area contributed by atoms with Crippen LogP contribution in [0.2, 0.25) is 5.02 Å².